The minimum absolute atomic E-state index is 0.0811. The van der Waals surface area contributed by atoms with Crippen molar-refractivity contribution < 1.29 is 10.2 Å². The zero-order valence-corrected chi connectivity index (χ0v) is 10.8. The third kappa shape index (κ3) is 2.42. The average Bonchev–Trinajstić information content (AvgIpc) is 2.77. The minimum Gasteiger partial charge on any atom is -0.392 e. The summed E-state index contributed by atoms with van der Waals surface area (Å²) in [6, 6.07) is 16.1. The molecule has 98 valence electrons. The van der Waals surface area contributed by atoms with E-state index >= 15 is 0 Å². The Bertz CT molecular complexity index is 560. The Morgan fingerprint density at radius 1 is 0.947 bits per heavy atom. The predicted octanol–water partition coefficient (Wildman–Crippen LogP) is 2.63. The van der Waals surface area contributed by atoms with Gasteiger partial charge in [0.15, 0.2) is 0 Å². The zero-order chi connectivity index (χ0) is 13.2. The van der Waals surface area contributed by atoms with E-state index in [0.717, 1.165) is 24.0 Å². The summed E-state index contributed by atoms with van der Waals surface area (Å²) in [5, 5.41) is 19.4. The van der Waals surface area contributed by atoms with Crippen molar-refractivity contribution in [3.63, 3.8) is 0 Å². The van der Waals surface area contributed by atoms with Crippen LogP contribution < -0.4 is 0 Å². The van der Waals surface area contributed by atoms with Crippen molar-refractivity contribution in [2.75, 3.05) is 0 Å². The van der Waals surface area contributed by atoms with Crippen LogP contribution in [0.3, 0.4) is 0 Å². The molecule has 2 atom stereocenters. The lowest BCUT2D eigenvalue weighted by Crippen LogP contribution is -2.10. The Morgan fingerprint density at radius 2 is 1.63 bits per heavy atom. The molecule has 0 spiro atoms. The molecule has 2 N–H and O–H groups in total. The molecule has 19 heavy (non-hydrogen) atoms. The molecule has 1 aliphatic rings. The van der Waals surface area contributed by atoms with Gasteiger partial charge in [0.2, 0.25) is 0 Å². The minimum atomic E-state index is -0.353. The summed E-state index contributed by atoms with van der Waals surface area (Å²) in [5.41, 5.74) is 4.50. The molecule has 0 heterocycles. The van der Waals surface area contributed by atoms with E-state index in [4.69, 9.17) is 5.11 Å². The predicted molar refractivity (Wildman–Crippen MR) is 74.7 cm³/mol. The molecular formula is C17H18O2. The van der Waals surface area contributed by atoms with Crippen molar-refractivity contribution in [2.45, 2.75) is 25.6 Å². The maximum absolute atomic E-state index is 10.4. The first-order chi connectivity index (χ1) is 9.28. The Labute approximate surface area is 113 Å². The second-order valence-corrected chi connectivity index (χ2v) is 5.29. The van der Waals surface area contributed by atoms with Crippen molar-refractivity contribution in [3.8, 4) is 0 Å². The molecule has 0 amide bonds. The van der Waals surface area contributed by atoms with Crippen LogP contribution in [0.25, 0.3) is 0 Å². The monoisotopic (exact) mass is 254 g/mol. The SMILES string of the molecule is OCc1ccc(CC2Cc3ccccc3C2O)cc1. The third-order valence-corrected chi connectivity index (χ3v) is 4.01. The number of aliphatic hydroxyl groups is 2. The molecule has 0 aromatic heterocycles. The molecule has 0 saturated heterocycles. The first-order valence-electron chi connectivity index (χ1n) is 6.72. The lowest BCUT2D eigenvalue weighted by Gasteiger charge is -2.15. The highest BCUT2D eigenvalue weighted by atomic mass is 16.3. The number of fused-ring (bicyclic) bond motifs is 1. The van der Waals surface area contributed by atoms with Crippen molar-refractivity contribution in [3.05, 3.63) is 70.8 Å². The molecule has 0 saturated carbocycles. The molecule has 0 aliphatic heterocycles. The number of aliphatic hydroxyl groups excluding tert-OH is 2. The maximum atomic E-state index is 10.4. The maximum Gasteiger partial charge on any atom is 0.0827 e. The lowest BCUT2D eigenvalue weighted by atomic mass is 9.94. The van der Waals surface area contributed by atoms with Crippen molar-refractivity contribution >= 4 is 0 Å². The van der Waals surface area contributed by atoms with E-state index in [1.165, 1.54) is 11.1 Å². The number of hydrogen-bond donors (Lipinski definition) is 2. The van der Waals surface area contributed by atoms with Gasteiger partial charge >= 0.3 is 0 Å². The van der Waals surface area contributed by atoms with E-state index in [2.05, 4.69) is 6.07 Å². The fourth-order valence-electron chi connectivity index (χ4n) is 2.92. The number of rotatable bonds is 3. The Morgan fingerprint density at radius 3 is 2.32 bits per heavy atom. The van der Waals surface area contributed by atoms with Gasteiger partial charge in [-0.25, -0.2) is 0 Å². The summed E-state index contributed by atoms with van der Waals surface area (Å²) in [5.74, 6) is 0.261. The van der Waals surface area contributed by atoms with Crippen LogP contribution in [0.15, 0.2) is 48.5 Å². The zero-order valence-electron chi connectivity index (χ0n) is 10.8. The fourth-order valence-corrected chi connectivity index (χ4v) is 2.92. The molecule has 1 aliphatic carbocycles. The second kappa shape index (κ2) is 5.16. The highest BCUT2D eigenvalue weighted by Gasteiger charge is 2.30. The number of hydrogen-bond acceptors (Lipinski definition) is 2. The van der Waals surface area contributed by atoms with Gasteiger partial charge in [-0.15, -0.1) is 0 Å². The lowest BCUT2D eigenvalue weighted by molar-refractivity contribution is 0.123. The molecular weight excluding hydrogens is 236 g/mol. The van der Waals surface area contributed by atoms with Crippen LogP contribution in [-0.2, 0) is 19.4 Å². The topological polar surface area (TPSA) is 40.5 Å². The summed E-state index contributed by atoms with van der Waals surface area (Å²) in [6.45, 7) is 0.0811. The van der Waals surface area contributed by atoms with Crippen LogP contribution in [0.1, 0.15) is 28.4 Å². The van der Waals surface area contributed by atoms with E-state index in [0.29, 0.717) is 0 Å². The van der Waals surface area contributed by atoms with Gasteiger partial charge in [-0.1, -0.05) is 48.5 Å². The molecule has 2 aromatic carbocycles. The van der Waals surface area contributed by atoms with Gasteiger partial charge in [0.05, 0.1) is 12.7 Å². The summed E-state index contributed by atoms with van der Waals surface area (Å²) in [4.78, 5) is 0. The summed E-state index contributed by atoms with van der Waals surface area (Å²) >= 11 is 0. The molecule has 0 fully saturated rings. The standard InChI is InChI=1S/C17H18O2/c18-11-13-7-5-12(6-8-13)9-15-10-14-3-1-2-4-16(14)17(15)19/h1-8,15,17-19H,9-11H2. The first-order valence-corrected chi connectivity index (χ1v) is 6.72. The Balaban J connectivity index is 1.75. The van der Waals surface area contributed by atoms with E-state index in [-0.39, 0.29) is 18.6 Å². The van der Waals surface area contributed by atoms with Gasteiger partial charge < -0.3 is 10.2 Å². The molecule has 2 nitrogen and oxygen atoms in total. The fraction of sp³-hybridized carbons (Fsp3) is 0.294. The van der Waals surface area contributed by atoms with Crippen molar-refractivity contribution in [1.29, 1.82) is 0 Å². The smallest absolute Gasteiger partial charge is 0.0827 e. The Hall–Kier alpha value is -1.64. The number of benzene rings is 2. The van der Waals surface area contributed by atoms with Crippen LogP contribution in [0.4, 0.5) is 0 Å². The van der Waals surface area contributed by atoms with Crippen LogP contribution >= 0.6 is 0 Å². The van der Waals surface area contributed by atoms with Gasteiger partial charge in [-0.3, -0.25) is 0 Å². The summed E-state index contributed by atoms with van der Waals surface area (Å²) < 4.78 is 0. The van der Waals surface area contributed by atoms with Gasteiger partial charge in [0.25, 0.3) is 0 Å². The van der Waals surface area contributed by atoms with Crippen LogP contribution in [0, 0.1) is 5.92 Å². The highest BCUT2D eigenvalue weighted by Crippen LogP contribution is 2.37. The van der Waals surface area contributed by atoms with Crippen molar-refractivity contribution in [2.24, 2.45) is 5.92 Å². The molecule has 0 radical (unpaired) electrons. The van der Waals surface area contributed by atoms with Crippen molar-refractivity contribution in [1.82, 2.24) is 0 Å². The van der Waals surface area contributed by atoms with Gasteiger partial charge in [0, 0.05) is 0 Å². The Kier molecular flexibility index (Phi) is 3.36. The summed E-state index contributed by atoms with van der Waals surface area (Å²) in [7, 11) is 0. The van der Waals surface area contributed by atoms with E-state index in [9.17, 15) is 5.11 Å². The van der Waals surface area contributed by atoms with Gasteiger partial charge in [-0.05, 0) is 41.0 Å². The van der Waals surface area contributed by atoms with E-state index in [1.54, 1.807) is 0 Å². The van der Waals surface area contributed by atoms with E-state index < -0.39 is 0 Å². The van der Waals surface area contributed by atoms with Gasteiger partial charge in [0.1, 0.15) is 0 Å². The second-order valence-electron chi connectivity index (χ2n) is 5.29. The first kappa shape index (κ1) is 12.4. The van der Waals surface area contributed by atoms with Crippen LogP contribution in [0.5, 0.6) is 0 Å². The van der Waals surface area contributed by atoms with Crippen LogP contribution in [-0.4, -0.2) is 10.2 Å². The van der Waals surface area contributed by atoms with E-state index in [1.807, 2.05) is 42.5 Å². The molecule has 2 aromatic rings. The highest BCUT2D eigenvalue weighted by molar-refractivity contribution is 5.35. The largest absolute Gasteiger partial charge is 0.392 e. The average molecular weight is 254 g/mol. The molecule has 2 unspecified atom stereocenters. The quantitative estimate of drug-likeness (QED) is 0.884. The summed E-state index contributed by atoms with van der Waals surface area (Å²) in [6.07, 6.45) is 1.47. The molecule has 2 heteroatoms. The third-order valence-electron chi connectivity index (χ3n) is 4.01. The molecule has 3 rings (SSSR count). The molecule has 0 bridgehead atoms. The van der Waals surface area contributed by atoms with Gasteiger partial charge in [-0.2, -0.15) is 0 Å². The van der Waals surface area contributed by atoms with Crippen LogP contribution in [0.2, 0.25) is 0 Å². The normalized spacial score (nSPS) is 21.4.